The first kappa shape index (κ1) is 8.93. The minimum absolute atomic E-state index is 0.504. The Hall–Kier alpha value is -1.16. The van der Waals surface area contributed by atoms with E-state index in [0.29, 0.717) is 11.8 Å². The van der Waals surface area contributed by atoms with Crippen molar-refractivity contribution in [3.05, 3.63) is 18.0 Å². The number of hydrogen-bond acceptors (Lipinski definition) is 3. The SMILES string of the molecule is CCn1cc(C(C)(O)C=O)cn1. The lowest BCUT2D eigenvalue weighted by molar-refractivity contribution is -0.123. The number of hydrogen-bond donors (Lipinski definition) is 1. The molecule has 1 heterocycles. The molecule has 0 radical (unpaired) electrons. The van der Waals surface area contributed by atoms with Gasteiger partial charge in [0.1, 0.15) is 5.60 Å². The Labute approximate surface area is 70.8 Å². The van der Waals surface area contributed by atoms with Gasteiger partial charge in [0.05, 0.1) is 6.20 Å². The van der Waals surface area contributed by atoms with Gasteiger partial charge in [-0.15, -0.1) is 0 Å². The van der Waals surface area contributed by atoms with Crippen molar-refractivity contribution >= 4 is 6.29 Å². The van der Waals surface area contributed by atoms with Crippen LogP contribution in [-0.2, 0) is 16.9 Å². The van der Waals surface area contributed by atoms with E-state index in [1.807, 2.05) is 6.92 Å². The van der Waals surface area contributed by atoms with Crippen molar-refractivity contribution in [3.63, 3.8) is 0 Å². The van der Waals surface area contributed by atoms with Gasteiger partial charge in [0.2, 0.25) is 0 Å². The van der Waals surface area contributed by atoms with Crippen LogP contribution in [0.15, 0.2) is 12.4 Å². The second-order valence-corrected chi connectivity index (χ2v) is 2.85. The van der Waals surface area contributed by atoms with Crippen LogP contribution >= 0.6 is 0 Å². The Morgan fingerprint density at radius 1 is 1.83 bits per heavy atom. The van der Waals surface area contributed by atoms with Crippen LogP contribution in [-0.4, -0.2) is 21.2 Å². The molecule has 0 bridgehead atoms. The van der Waals surface area contributed by atoms with Gasteiger partial charge in [-0.25, -0.2) is 0 Å². The third-order valence-electron chi connectivity index (χ3n) is 1.77. The maximum atomic E-state index is 10.4. The molecule has 0 fully saturated rings. The monoisotopic (exact) mass is 168 g/mol. The number of aryl methyl sites for hydroxylation is 1. The number of aromatic nitrogens is 2. The Kier molecular flexibility index (Phi) is 2.28. The molecule has 12 heavy (non-hydrogen) atoms. The lowest BCUT2D eigenvalue weighted by Crippen LogP contribution is -2.21. The van der Waals surface area contributed by atoms with Crippen molar-refractivity contribution in [2.45, 2.75) is 26.0 Å². The van der Waals surface area contributed by atoms with E-state index in [2.05, 4.69) is 5.10 Å². The van der Waals surface area contributed by atoms with E-state index in [1.54, 1.807) is 10.9 Å². The number of aldehydes is 1. The fraction of sp³-hybridized carbons (Fsp3) is 0.500. The van der Waals surface area contributed by atoms with E-state index in [1.165, 1.54) is 13.1 Å². The quantitative estimate of drug-likeness (QED) is 0.661. The molecule has 1 rings (SSSR count). The first-order valence-electron chi connectivity index (χ1n) is 3.82. The zero-order valence-corrected chi connectivity index (χ0v) is 7.19. The van der Waals surface area contributed by atoms with Gasteiger partial charge in [0, 0.05) is 18.3 Å². The standard InChI is InChI=1S/C8H12N2O2/c1-3-10-5-7(4-9-10)8(2,12)6-11/h4-6,12H,3H2,1-2H3. The van der Waals surface area contributed by atoms with Crippen molar-refractivity contribution < 1.29 is 9.90 Å². The molecule has 0 aliphatic carbocycles. The van der Waals surface area contributed by atoms with Gasteiger partial charge in [-0.2, -0.15) is 5.10 Å². The third-order valence-corrected chi connectivity index (χ3v) is 1.77. The summed E-state index contributed by atoms with van der Waals surface area (Å²) in [5.74, 6) is 0. The van der Waals surface area contributed by atoms with Crippen molar-refractivity contribution in [2.24, 2.45) is 0 Å². The molecular formula is C8H12N2O2. The van der Waals surface area contributed by atoms with Gasteiger partial charge in [-0.3, -0.25) is 9.48 Å². The highest BCUT2D eigenvalue weighted by Crippen LogP contribution is 2.16. The predicted octanol–water partition coefficient (Wildman–Crippen LogP) is 0.309. The van der Waals surface area contributed by atoms with Gasteiger partial charge in [-0.05, 0) is 13.8 Å². The summed E-state index contributed by atoms with van der Waals surface area (Å²) in [6, 6.07) is 0. The summed E-state index contributed by atoms with van der Waals surface area (Å²) in [5.41, 5.74) is -0.882. The molecule has 0 spiro atoms. The van der Waals surface area contributed by atoms with Crippen molar-refractivity contribution in [1.29, 1.82) is 0 Å². The molecule has 0 saturated carbocycles. The van der Waals surface area contributed by atoms with Gasteiger partial charge >= 0.3 is 0 Å². The van der Waals surface area contributed by atoms with Crippen molar-refractivity contribution in [2.75, 3.05) is 0 Å². The van der Waals surface area contributed by atoms with Crippen LogP contribution in [0, 0.1) is 0 Å². The van der Waals surface area contributed by atoms with Gasteiger partial charge in [0.25, 0.3) is 0 Å². The van der Waals surface area contributed by atoms with Gasteiger partial charge in [0.15, 0.2) is 6.29 Å². The van der Waals surface area contributed by atoms with Crippen molar-refractivity contribution in [1.82, 2.24) is 9.78 Å². The second-order valence-electron chi connectivity index (χ2n) is 2.85. The molecule has 1 aromatic heterocycles. The molecule has 0 amide bonds. The summed E-state index contributed by atoms with van der Waals surface area (Å²) in [6.07, 6.45) is 3.66. The molecule has 0 aliphatic rings. The maximum absolute atomic E-state index is 10.4. The first-order chi connectivity index (χ1) is 5.60. The number of rotatable bonds is 3. The molecule has 0 aliphatic heterocycles. The topological polar surface area (TPSA) is 55.1 Å². The molecular weight excluding hydrogens is 156 g/mol. The summed E-state index contributed by atoms with van der Waals surface area (Å²) in [7, 11) is 0. The highest BCUT2D eigenvalue weighted by molar-refractivity contribution is 5.64. The highest BCUT2D eigenvalue weighted by Gasteiger charge is 2.23. The van der Waals surface area contributed by atoms with E-state index in [0.717, 1.165) is 6.54 Å². The maximum Gasteiger partial charge on any atom is 0.155 e. The second kappa shape index (κ2) is 3.06. The minimum atomic E-state index is -1.41. The molecule has 1 N–H and O–H groups in total. The van der Waals surface area contributed by atoms with Crippen LogP contribution in [0.3, 0.4) is 0 Å². The molecule has 1 atom stereocenters. The zero-order valence-electron chi connectivity index (χ0n) is 7.19. The van der Waals surface area contributed by atoms with Crippen LogP contribution in [0.25, 0.3) is 0 Å². The van der Waals surface area contributed by atoms with E-state index in [-0.39, 0.29) is 0 Å². The Morgan fingerprint density at radius 3 is 2.92 bits per heavy atom. The molecule has 4 heteroatoms. The minimum Gasteiger partial charge on any atom is -0.378 e. The lowest BCUT2D eigenvalue weighted by atomic mass is 10.0. The number of nitrogens with zero attached hydrogens (tertiary/aromatic N) is 2. The van der Waals surface area contributed by atoms with E-state index >= 15 is 0 Å². The summed E-state index contributed by atoms with van der Waals surface area (Å²) < 4.78 is 1.66. The summed E-state index contributed by atoms with van der Waals surface area (Å²) in [6.45, 7) is 4.11. The number of aliphatic hydroxyl groups is 1. The van der Waals surface area contributed by atoms with Crippen LogP contribution in [0.2, 0.25) is 0 Å². The predicted molar refractivity (Wildman–Crippen MR) is 43.5 cm³/mol. The fourth-order valence-electron chi connectivity index (χ4n) is 0.866. The summed E-state index contributed by atoms with van der Waals surface area (Å²) in [5, 5.41) is 13.4. The molecule has 1 aromatic rings. The smallest absolute Gasteiger partial charge is 0.155 e. The summed E-state index contributed by atoms with van der Waals surface area (Å²) >= 11 is 0. The van der Waals surface area contributed by atoms with Crippen LogP contribution < -0.4 is 0 Å². The average molecular weight is 168 g/mol. The number of carbonyl (C=O) groups excluding carboxylic acids is 1. The van der Waals surface area contributed by atoms with Gasteiger partial charge < -0.3 is 5.11 Å². The van der Waals surface area contributed by atoms with E-state index in [4.69, 9.17) is 0 Å². The lowest BCUT2D eigenvalue weighted by Gasteiger charge is -2.11. The zero-order chi connectivity index (χ0) is 9.19. The summed E-state index contributed by atoms with van der Waals surface area (Å²) in [4.78, 5) is 10.4. The van der Waals surface area contributed by atoms with Crippen LogP contribution in [0.5, 0.6) is 0 Å². The van der Waals surface area contributed by atoms with Crippen LogP contribution in [0.4, 0.5) is 0 Å². The molecule has 0 saturated heterocycles. The fourth-order valence-corrected chi connectivity index (χ4v) is 0.866. The number of carbonyl (C=O) groups is 1. The average Bonchev–Trinajstić information content (AvgIpc) is 2.52. The third kappa shape index (κ3) is 1.53. The van der Waals surface area contributed by atoms with E-state index < -0.39 is 5.60 Å². The molecule has 66 valence electrons. The normalized spacial score (nSPS) is 15.6. The van der Waals surface area contributed by atoms with Crippen molar-refractivity contribution in [3.8, 4) is 0 Å². The first-order valence-corrected chi connectivity index (χ1v) is 3.82. The largest absolute Gasteiger partial charge is 0.378 e. The molecule has 4 nitrogen and oxygen atoms in total. The Bertz CT molecular complexity index is 278. The Balaban J connectivity index is 2.95. The van der Waals surface area contributed by atoms with E-state index in [9.17, 15) is 9.90 Å². The Morgan fingerprint density at radius 2 is 2.50 bits per heavy atom. The molecule has 1 unspecified atom stereocenters. The highest BCUT2D eigenvalue weighted by atomic mass is 16.3. The molecule has 0 aromatic carbocycles. The van der Waals surface area contributed by atoms with Gasteiger partial charge in [-0.1, -0.05) is 0 Å². The van der Waals surface area contributed by atoms with Crippen LogP contribution in [0.1, 0.15) is 19.4 Å².